The summed E-state index contributed by atoms with van der Waals surface area (Å²) in [5.41, 5.74) is 0. The predicted octanol–water partition coefficient (Wildman–Crippen LogP) is -1.92. The molecule has 8 heteroatoms. The van der Waals surface area contributed by atoms with Crippen molar-refractivity contribution in [2.45, 2.75) is 19.8 Å². The molecule has 0 aromatic carbocycles. The molecule has 13 heavy (non-hydrogen) atoms. The fraction of sp³-hybridized carbons (Fsp3) is 0.800. The number of rotatable bonds is 2. The minimum absolute atomic E-state index is 0. The smallest absolute Gasteiger partial charge is 0.219 e. The quantitative estimate of drug-likeness (QED) is 0.592. The lowest BCUT2D eigenvalue weighted by atomic mass is 10.3. The highest BCUT2D eigenvalue weighted by Gasteiger charge is 1.89. The Hall–Kier alpha value is -0.110. The molecule has 0 rings (SSSR count). The number of carbonyl (C=O) groups is 1. The molecule has 0 aromatic heterocycles. The molecule has 0 heterocycles. The van der Waals surface area contributed by atoms with Gasteiger partial charge in [0.1, 0.15) is 0 Å². The molecular weight excluding hydrogens is 225 g/mol. The molecule has 0 saturated carbocycles. The van der Waals surface area contributed by atoms with Crippen molar-refractivity contribution >= 4 is 30.7 Å². The van der Waals surface area contributed by atoms with Gasteiger partial charge in [-0.2, -0.15) is 0 Å². The Morgan fingerprint density at radius 3 is 1.46 bits per heavy atom. The van der Waals surface area contributed by atoms with Crippen molar-refractivity contribution in [1.82, 2.24) is 5.32 Å². The van der Waals surface area contributed by atoms with Gasteiger partial charge in [0.15, 0.2) is 0 Å². The molecular formula is C5H21Cl2NO5. The molecule has 1 amide bonds. The van der Waals surface area contributed by atoms with Gasteiger partial charge in [0, 0.05) is 13.5 Å². The van der Waals surface area contributed by atoms with Crippen LogP contribution in [-0.4, -0.2) is 34.9 Å². The third kappa shape index (κ3) is 48.6. The van der Waals surface area contributed by atoms with Crippen molar-refractivity contribution in [1.29, 1.82) is 0 Å². The SMILES string of the molecule is CCCC(=O)NC.Cl.Cl.O.O.O.O. The van der Waals surface area contributed by atoms with Gasteiger partial charge in [-0.1, -0.05) is 6.92 Å². The van der Waals surface area contributed by atoms with Crippen LogP contribution in [0.5, 0.6) is 0 Å². The van der Waals surface area contributed by atoms with Crippen molar-refractivity contribution in [3.05, 3.63) is 0 Å². The Labute approximate surface area is 90.1 Å². The van der Waals surface area contributed by atoms with Crippen LogP contribution in [0.3, 0.4) is 0 Å². The topological polar surface area (TPSA) is 155 Å². The monoisotopic (exact) mass is 245 g/mol. The highest BCUT2D eigenvalue weighted by molar-refractivity contribution is 5.85. The average Bonchev–Trinajstić information content (AvgIpc) is 1.68. The molecule has 0 unspecified atom stereocenters. The first-order valence-corrected chi connectivity index (χ1v) is 2.51. The Morgan fingerprint density at radius 1 is 1.08 bits per heavy atom. The maximum absolute atomic E-state index is 10.3. The molecule has 0 bridgehead atoms. The molecule has 0 spiro atoms. The third-order valence-corrected chi connectivity index (χ3v) is 0.756. The normalized spacial score (nSPS) is 4.46. The van der Waals surface area contributed by atoms with Crippen molar-refractivity contribution in [2.24, 2.45) is 0 Å². The fourth-order valence-electron chi connectivity index (χ4n) is 0.352. The van der Waals surface area contributed by atoms with E-state index in [1.807, 2.05) is 6.92 Å². The second-order valence-corrected chi connectivity index (χ2v) is 1.42. The second kappa shape index (κ2) is 40.6. The highest BCUT2D eigenvalue weighted by atomic mass is 35.5. The largest absolute Gasteiger partial charge is 0.412 e. The van der Waals surface area contributed by atoms with Crippen molar-refractivity contribution < 1.29 is 26.7 Å². The number of halogens is 2. The van der Waals surface area contributed by atoms with E-state index >= 15 is 0 Å². The first-order valence-electron chi connectivity index (χ1n) is 2.51. The first-order chi connectivity index (χ1) is 3.31. The molecule has 0 fully saturated rings. The second-order valence-electron chi connectivity index (χ2n) is 1.42. The van der Waals surface area contributed by atoms with Crippen molar-refractivity contribution in [2.75, 3.05) is 7.05 Å². The van der Waals surface area contributed by atoms with E-state index in [1.54, 1.807) is 7.05 Å². The maximum Gasteiger partial charge on any atom is 0.219 e. The van der Waals surface area contributed by atoms with E-state index in [0.717, 1.165) is 6.42 Å². The summed E-state index contributed by atoms with van der Waals surface area (Å²) in [6.45, 7) is 1.98. The Morgan fingerprint density at radius 2 is 1.38 bits per heavy atom. The minimum atomic E-state index is 0. The van der Waals surface area contributed by atoms with Gasteiger partial charge in [-0.25, -0.2) is 0 Å². The van der Waals surface area contributed by atoms with Gasteiger partial charge in [-0.15, -0.1) is 24.8 Å². The van der Waals surface area contributed by atoms with Crippen LogP contribution >= 0.6 is 24.8 Å². The Bertz CT molecular complexity index is 75.9. The number of amides is 1. The highest BCUT2D eigenvalue weighted by Crippen LogP contribution is 1.82. The summed E-state index contributed by atoms with van der Waals surface area (Å²) in [5, 5.41) is 2.53. The summed E-state index contributed by atoms with van der Waals surface area (Å²) >= 11 is 0. The van der Waals surface area contributed by atoms with Gasteiger partial charge in [-0.3, -0.25) is 4.79 Å². The molecule has 0 aliphatic carbocycles. The predicted molar refractivity (Wildman–Crippen MR) is 57.9 cm³/mol. The van der Waals surface area contributed by atoms with E-state index in [-0.39, 0.29) is 52.6 Å². The molecule has 0 aliphatic heterocycles. The summed E-state index contributed by atoms with van der Waals surface area (Å²) in [6, 6.07) is 0. The van der Waals surface area contributed by atoms with E-state index in [2.05, 4.69) is 5.32 Å². The van der Waals surface area contributed by atoms with Gasteiger partial charge in [-0.05, 0) is 6.42 Å². The Balaban J connectivity index is -0.0000000120. The summed E-state index contributed by atoms with van der Waals surface area (Å²) < 4.78 is 0. The van der Waals surface area contributed by atoms with E-state index in [9.17, 15) is 4.79 Å². The lowest BCUT2D eigenvalue weighted by Crippen LogP contribution is -2.16. The van der Waals surface area contributed by atoms with Crippen molar-refractivity contribution in [3.63, 3.8) is 0 Å². The molecule has 0 saturated heterocycles. The van der Waals surface area contributed by atoms with Gasteiger partial charge in [0.2, 0.25) is 5.91 Å². The fourth-order valence-corrected chi connectivity index (χ4v) is 0.352. The van der Waals surface area contributed by atoms with Crippen LogP contribution in [0.4, 0.5) is 0 Å². The van der Waals surface area contributed by atoms with Gasteiger partial charge < -0.3 is 27.2 Å². The van der Waals surface area contributed by atoms with E-state index in [1.165, 1.54) is 0 Å². The molecule has 0 aliphatic rings. The van der Waals surface area contributed by atoms with Gasteiger partial charge in [0.25, 0.3) is 0 Å². The van der Waals surface area contributed by atoms with Crippen molar-refractivity contribution in [3.8, 4) is 0 Å². The third-order valence-electron chi connectivity index (χ3n) is 0.756. The van der Waals surface area contributed by atoms with E-state index in [0.29, 0.717) is 6.42 Å². The molecule has 90 valence electrons. The standard InChI is InChI=1S/C5H11NO.2ClH.4H2O/c1-3-4-5(7)6-2;;;;;;/h3-4H2,1-2H3,(H,6,7);2*1H;4*1H2. The summed E-state index contributed by atoms with van der Waals surface area (Å²) in [7, 11) is 1.65. The lowest BCUT2D eigenvalue weighted by molar-refractivity contribution is -0.120. The van der Waals surface area contributed by atoms with Crippen LogP contribution in [0.1, 0.15) is 19.8 Å². The van der Waals surface area contributed by atoms with Crippen LogP contribution in [0.25, 0.3) is 0 Å². The molecule has 0 atom stereocenters. The number of carbonyl (C=O) groups excluding carboxylic acids is 1. The zero-order valence-corrected chi connectivity index (χ0v) is 9.27. The molecule has 9 N–H and O–H groups in total. The zero-order chi connectivity index (χ0) is 5.70. The van der Waals surface area contributed by atoms with Crippen LogP contribution in [-0.2, 0) is 4.79 Å². The number of nitrogens with one attached hydrogen (secondary N) is 1. The van der Waals surface area contributed by atoms with Crippen LogP contribution < -0.4 is 5.32 Å². The number of hydrogen-bond acceptors (Lipinski definition) is 1. The van der Waals surface area contributed by atoms with Crippen LogP contribution in [0, 0.1) is 0 Å². The maximum atomic E-state index is 10.3. The van der Waals surface area contributed by atoms with Crippen LogP contribution in [0.15, 0.2) is 0 Å². The summed E-state index contributed by atoms with van der Waals surface area (Å²) in [6.07, 6.45) is 1.58. The van der Waals surface area contributed by atoms with E-state index in [4.69, 9.17) is 0 Å². The molecule has 6 nitrogen and oxygen atoms in total. The average molecular weight is 246 g/mol. The number of hydrogen-bond donors (Lipinski definition) is 1. The molecule has 0 radical (unpaired) electrons. The summed E-state index contributed by atoms with van der Waals surface area (Å²) in [5.74, 6) is 0.127. The van der Waals surface area contributed by atoms with E-state index < -0.39 is 0 Å². The first kappa shape index (κ1) is 52.5. The van der Waals surface area contributed by atoms with Crippen LogP contribution in [0.2, 0.25) is 0 Å². The lowest BCUT2D eigenvalue weighted by Gasteiger charge is -1.91. The van der Waals surface area contributed by atoms with Gasteiger partial charge >= 0.3 is 0 Å². The van der Waals surface area contributed by atoms with Gasteiger partial charge in [0.05, 0.1) is 0 Å². The minimum Gasteiger partial charge on any atom is -0.412 e. The Kier molecular flexibility index (Phi) is 164. The zero-order valence-electron chi connectivity index (χ0n) is 7.64. The summed E-state index contributed by atoms with van der Waals surface area (Å²) in [4.78, 5) is 10.3. The molecule has 0 aromatic rings.